The summed E-state index contributed by atoms with van der Waals surface area (Å²) in [4.78, 5) is 25.1. The van der Waals surface area contributed by atoms with Crippen molar-refractivity contribution in [3.63, 3.8) is 0 Å². The van der Waals surface area contributed by atoms with Gasteiger partial charge in [-0.1, -0.05) is 6.07 Å². The highest BCUT2D eigenvalue weighted by molar-refractivity contribution is 5.94. The number of hydrogen-bond donors (Lipinski definition) is 2. The van der Waals surface area contributed by atoms with Gasteiger partial charge in [0.2, 0.25) is 5.43 Å². The highest BCUT2D eigenvalue weighted by Gasteiger charge is 2.34. The maximum absolute atomic E-state index is 12.9. The molecule has 100 valence electrons. The van der Waals surface area contributed by atoms with Crippen molar-refractivity contribution in [2.24, 2.45) is 0 Å². The zero-order valence-electron chi connectivity index (χ0n) is 9.63. The van der Waals surface area contributed by atoms with Crippen LogP contribution in [-0.2, 0) is 6.18 Å². The number of aromatic amines is 1. The summed E-state index contributed by atoms with van der Waals surface area (Å²) in [7, 11) is 0. The smallest absolute Gasteiger partial charge is 0.417 e. The number of aromatic nitrogens is 1. The number of hydrogen-bond acceptors (Lipinski definition) is 2. The molecule has 1 aromatic carbocycles. The SMILES string of the molecule is Cc1ccc(C(F)(F)F)c2c(=O)c(C(=O)O)c[nH]c12. The molecule has 7 heteroatoms. The van der Waals surface area contributed by atoms with Crippen molar-refractivity contribution in [3.8, 4) is 0 Å². The molecule has 0 aliphatic carbocycles. The molecule has 0 unspecified atom stereocenters. The second kappa shape index (κ2) is 4.11. The minimum Gasteiger partial charge on any atom is -0.477 e. The number of alkyl halides is 3. The Morgan fingerprint density at radius 2 is 1.95 bits per heavy atom. The molecule has 0 saturated carbocycles. The molecule has 2 rings (SSSR count). The number of carbonyl (C=O) groups is 1. The van der Waals surface area contributed by atoms with Gasteiger partial charge in [0, 0.05) is 6.20 Å². The van der Waals surface area contributed by atoms with E-state index in [9.17, 15) is 22.8 Å². The van der Waals surface area contributed by atoms with Crippen LogP contribution in [0.5, 0.6) is 0 Å². The molecule has 0 fully saturated rings. The van der Waals surface area contributed by atoms with Crippen molar-refractivity contribution < 1.29 is 23.1 Å². The van der Waals surface area contributed by atoms with Crippen molar-refractivity contribution in [1.82, 2.24) is 4.98 Å². The average molecular weight is 271 g/mol. The summed E-state index contributed by atoms with van der Waals surface area (Å²) < 4.78 is 38.6. The van der Waals surface area contributed by atoms with Gasteiger partial charge in [-0.05, 0) is 18.6 Å². The normalized spacial score (nSPS) is 11.8. The van der Waals surface area contributed by atoms with Crippen molar-refractivity contribution >= 4 is 16.9 Å². The number of carboxylic acids is 1. The van der Waals surface area contributed by atoms with E-state index in [0.29, 0.717) is 5.56 Å². The van der Waals surface area contributed by atoms with E-state index < -0.39 is 34.1 Å². The van der Waals surface area contributed by atoms with Crippen LogP contribution in [-0.4, -0.2) is 16.1 Å². The number of pyridine rings is 1. The van der Waals surface area contributed by atoms with E-state index in [1.165, 1.54) is 13.0 Å². The molecule has 0 amide bonds. The second-order valence-electron chi connectivity index (χ2n) is 4.01. The molecule has 1 aromatic heterocycles. The Bertz CT molecular complexity index is 731. The third-order valence-electron chi connectivity index (χ3n) is 2.78. The molecule has 0 aliphatic heterocycles. The van der Waals surface area contributed by atoms with Gasteiger partial charge in [-0.15, -0.1) is 0 Å². The molecule has 0 bridgehead atoms. The van der Waals surface area contributed by atoms with E-state index in [0.717, 1.165) is 12.3 Å². The van der Waals surface area contributed by atoms with Crippen LogP contribution < -0.4 is 5.43 Å². The molecular weight excluding hydrogens is 263 g/mol. The van der Waals surface area contributed by atoms with Gasteiger partial charge in [0.1, 0.15) is 5.56 Å². The van der Waals surface area contributed by atoms with Crippen LogP contribution in [0.25, 0.3) is 10.9 Å². The van der Waals surface area contributed by atoms with E-state index in [2.05, 4.69) is 4.98 Å². The molecule has 2 aromatic rings. The number of fused-ring (bicyclic) bond motifs is 1. The predicted molar refractivity (Wildman–Crippen MR) is 61.3 cm³/mol. The lowest BCUT2D eigenvalue weighted by molar-refractivity contribution is -0.136. The summed E-state index contributed by atoms with van der Waals surface area (Å²) in [5.74, 6) is -1.57. The van der Waals surface area contributed by atoms with E-state index in [4.69, 9.17) is 5.11 Å². The van der Waals surface area contributed by atoms with Gasteiger partial charge in [-0.25, -0.2) is 4.79 Å². The van der Waals surface area contributed by atoms with Crippen molar-refractivity contribution in [1.29, 1.82) is 0 Å². The van der Waals surface area contributed by atoms with Crippen LogP contribution in [0.3, 0.4) is 0 Å². The second-order valence-corrected chi connectivity index (χ2v) is 4.01. The third kappa shape index (κ3) is 2.07. The lowest BCUT2D eigenvalue weighted by Gasteiger charge is -2.11. The number of aryl methyl sites for hydroxylation is 1. The van der Waals surface area contributed by atoms with Gasteiger partial charge < -0.3 is 10.1 Å². The zero-order valence-corrected chi connectivity index (χ0v) is 9.63. The highest BCUT2D eigenvalue weighted by atomic mass is 19.4. The number of H-pyrrole nitrogens is 1. The number of carboxylic acid groups (broad SMARTS) is 1. The molecule has 0 aliphatic rings. The Balaban J connectivity index is 3.02. The topological polar surface area (TPSA) is 70.2 Å². The van der Waals surface area contributed by atoms with Gasteiger partial charge in [0.05, 0.1) is 16.5 Å². The molecular formula is C12H8F3NO3. The first kappa shape index (κ1) is 13.1. The minimum atomic E-state index is -4.73. The third-order valence-corrected chi connectivity index (χ3v) is 2.78. The Morgan fingerprint density at radius 1 is 1.32 bits per heavy atom. The first-order chi connectivity index (χ1) is 8.73. The summed E-state index contributed by atoms with van der Waals surface area (Å²) >= 11 is 0. The van der Waals surface area contributed by atoms with E-state index in [1.807, 2.05) is 0 Å². The molecule has 0 radical (unpaired) electrons. The number of aromatic carboxylic acids is 1. The van der Waals surface area contributed by atoms with Gasteiger partial charge >= 0.3 is 12.1 Å². The van der Waals surface area contributed by atoms with Gasteiger partial charge in [-0.3, -0.25) is 4.79 Å². The van der Waals surface area contributed by atoms with Crippen LogP contribution in [0.2, 0.25) is 0 Å². The van der Waals surface area contributed by atoms with Crippen LogP contribution in [0.4, 0.5) is 13.2 Å². The highest BCUT2D eigenvalue weighted by Crippen LogP contribution is 2.33. The van der Waals surface area contributed by atoms with Crippen molar-refractivity contribution in [2.45, 2.75) is 13.1 Å². The van der Waals surface area contributed by atoms with Gasteiger partial charge in [-0.2, -0.15) is 13.2 Å². The lowest BCUT2D eigenvalue weighted by atomic mass is 10.0. The Hall–Kier alpha value is -2.31. The summed E-state index contributed by atoms with van der Waals surface area (Å²) in [6.45, 7) is 1.53. The van der Waals surface area contributed by atoms with Crippen LogP contribution in [0, 0.1) is 6.92 Å². The van der Waals surface area contributed by atoms with Crippen molar-refractivity contribution in [2.75, 3.05) is 0 Å². The van der Waals surface area contributed by atoms with Crippen LogP contribution >= 0.6 is 0 Å². The molecule has 0 spiro atoms. The van der Waals surface area contributed by atoms with Gasteiger partial charge in [0.15, 0.2) is 0 Å². The molecule has 4 nitrogen and oxygen atoms in total. The number of benzene rings is 1. The number of rotatable bonds is 1. The van der Waals surface area contributed by atoms with E-state index >= 15 is 0 Å². The Morgan fingerprint density at radius 3 is 2.47 bits per heavy atom. The maximum atomic E-state index is 12.9. The predicted octanol–water partition coefficient (Wildman–Crippen LogP) is 2.55. The average Bonchev–Trinajstić information content (AvgIpc) is 2.28. The largest absolute Gasteiger partial charge is 0.477 e. The summed E-state index contributed by atoms with van der Waals surface area (Å²) in [6.07, 6.45) is -3.82. The quantitative estimate of drug-likeness (QED) is 0.837. The standard InChI is InChI=1S/C12H8F3NO3/c1-5-2-3-7(12(13,14)15)8-9(5)16-4-6(10(8)17)11(18)19/h2-4H,1H3,(H,16,17)(H,18,19). The molecule has 19 heavy (non-hydrogen) atoms. The minimum absolute atomic E-state index is 0.00942. The molecule has 2 N–H and O–H groups in total. The Labute approximate surface area is 104 Å². The summed E-state index contributed by atoms with van der Waals surface area (Å²) in [5, 5.41) is 8.14. The van der Waals surface area contributed by atoms with E-state index in [-0.39, 0.29) is 5.52 Å². The molecule has 1 heterocycles. The summed E-state index contributed by atoms with van der Waals surface area (Å²) in [5.41, 5.74) is -2.58. The van der Waals surface area contributed by atoms with Crippen LogP contribution in [0.15, 0.2) is 23.1 Å². The Kier molecular flexibility index (Phi) is 2.84. The fraction of sp³-hybridized carbons (Fsp3) is 0.167. The maximum Gasteiger partial charge on any atom is 0.417 e. The fourth-order valence-corrected chi connectivity index (χ4v) is 1.87. The first-order valence-electron chi connectivity index (χ1n) is 5.19. The zero-order chi connectivity index (χ0) is 14.4. The van der Waals surface area contributed by atoms with Gasteiger partial charge in [0.25, 0.3) is 0 Å². The van der Waals surface area contributed by atoms with E-state index in [1.54, 1.807) is 0 Å². The van der Waals surface area contributed by atoms with Crippen LogP contribution in [0.1, 0.15) is 21.5 Å². The lowest BCUT2D eigenvalue weighted by Crippen LogP contribution is -2.19. The number of nitrogens with one attached hydrogen (secondary N) is 1. The molecule has 0 atom stereocenters. The number of halogens is 3. The van der Waals surface area contributed by atoms with Crippen molar-refractivity contribution in [3.05, 3.63) is 45.2 Å². The molecule has 0 saturated heterocycles. The monoisotopic (exact) mass is 271 g/mol. The fourth-order valence-electron chi connectivity index (χ4n) is 1.87. The summed E-state index contributed by atoms with van der Waals surface area (Å²) in [6, 6.07) is 2.00. The first-order valence-corrected chi connectivity index (χ1v) is 5.19.